The standard InChI is InChI=1S/C13H11ClF2N2/c14-11-6-10(2-3-12(11)16)18-13-4-1-9(15)5-8(13)7-17/h1-6,18H,7,17H2. The average Bonchev–Trinajstić information content (AvgIpc) is 2.36. The highest BCUT2D eigenvalue weighted by Crippen LogP contribution is 2.25. The molecule has 5 heteroatoms. The van der Waals surface area contributed by atoms with Crippen LogP contribution in [0.4, 0.5) is 20.2 Å². The van der Waals surface area contributed by atoms with Gasteiger partial charge in [-0.15, -0.1) is 0 Å². The van der Waals surface area contributed by atoms with Crippen molar-refractivity contribution >= 4 is 23.0 Å². The lowest BCUT2D eigenvalue weighted by Gasteiger charge is -2.11. The highest BCUT2D eigenvalue weighted by Gasteiger charge is 2.05. The summed E-state index contributed by atoms with van der Waals surface area (Å²) in [7, 11) is 0. The van der Waals surface area contributed by atoms with Crippen molar-refractivity contribution in [2.24, 2.45) is 5.73 Å². The SMILES string of the molecule is NCc1cc(F)ccc1Nc1ccc(F)c(Cl)c1. The topological polar surface area (TPSA) is 38.0 Å². The lowest BCUT2D eigenvalue weighted by Crippen LogP contribution is -2.02. The number of halogens is 3. The van der Waals surface area contributed by atoms with Crippen LogP contribution >= 0.6 is 11.6 Å². The number of hydrogen-bond acceptors (Lipinski definition) is 2. The molecule has 2 aromatic rings. The molecule has 0 bridgehead atoms. The Morgan fingerprint density at radius 1 is 1.11 bits per heavy atom. The predicted molar refractivity (Wildman–Crippen MR) is 69.0 cm³/mol. The maximum atomic E-state index is 13.0. The Bertz CT molecular complexity index is 573. The van der Waals surface area contributed by atoms with Gasteiger partial charge in [-0.3, -0.25) is 0 Å². The van der Waals surface area contributed by atoms with Crippen molar-refractivity contribution in [3.8, 4) is 0 Å². The second-order valence-electron chi connectivity index (χ2n) is 3.76. The number of hydrogen-bond donors (Lipinski definition) is 2. The van der Waals surface area contributed by atoms with Crippen LogP contribution in [0.3, 0.4) is 0 Å². The largest absolute Gasteiger partial charge is 0.355 e. The molecule has 0 unspecified atom stereocenters. The van der Waals surface area contributed by atoms with E-state index in [0.29, 0.717) is 16.9 Å². The fourth-order valence-electron chi connectivity index (χ4n) is 1.58. The number of anilines is 2. The van der Waals surface area contributed by atoms with E-state index in [2.05, 4.69) is 5.32 Å². The second-order valence-corrected chi connectivity index (χ2v) is 4.17. The van der Waals surface area contributed by atoms with Crippen LogP contribution in [0.15, 0.2) is 36.4 Å². The van der Waals surface area contributed by atoms with Gasteiger partial charge in [0.2, 0.25) is 0 Å². The summed E-state index contributed by atoms with van der Waals surface area (Å²) in [5.74, 6) is -0.835. The monoisotopic (exact) mass is 268 g/mol. The quantitative estimate of drug-likeness (QED) is 0.888. The van der Waals surface area contributed by atoms with Crippen LogP contribution in [0.2, 0.25) is 5.02 Å². The smallest absolute Gasteiger partial charge is 0.141 e. The van der Waals surface area contributed by atoms with Crippen molar-refractivity contribution in [3.05, 3.63) is 58.6 Å². The summed E-state index contributed by atoms with van der Waals surface area (Å²) in [4.78, 5) is 0. The van der Waals surface area contributed by atoms with Crippen molar-refractivity contribution in [1.29, 1.82) is 0 Å². The highest BCUT2D eigenvalue weighted by atomic mass is 35.5. The van der Waals surface area contributed by atoms with E-state index >= 15 is 0 Å². The first-order chi connectivity index (χ1) is 8.60. The van der Waals surface area contributed by atoms with E-state index in [4.69, 9.17) is 17.3 Å². The summed E-state index contributed by atoms with van der Waals surface area (Å²) in [6.07, 6.45) is 0. The Hall–Kier alpha value is -1.65. The first kappa shape index (κ1) is 12.8. The maximum Gasteiger partial charge on any atom is 0.141 e. The van der Waals surface area contributed by atoms with Crippen molar-refractivity contribution < 1.29 is 8.78 Å². The van der Waals surface area contributed by atoms with Gasteiger partial charge in [-0.25, -0.2) is 8.78 Å². The van der Waals surface area contributed by atoms with E-state index in [-0.39, 0.29) is 17.4 Å². The molecular weight excluding hydrogens is 258 g/mol. The van der Waals surface area contributed by atoms with E-state index in [1.807, 2.05) is 0 Å². The lowest BCUT2D eigenvalue weighted by molar-refractivity contribution is 0.626. The zero-order valence-electron chi connectivity index (χ0n) is 9.38. The third kappa shape index (κ3) is 2.78. The maximum absolute atomic E-state index is 13.0. The normalized spacial score (nSPS) is 10.4. The molecule has 0 aliphatic heterocycles. The zero-order chi connectivity index (χ0) is 13.1. The molecule has 18 heavy (non-hydrogen) atoms. The average molecular weight is 269 g/mol. The van der Waals surface area contributed by atoms with Gasteiger partial charge >= 0.3 is 0 Å². The Balaban J connectivity index is 2.30. The van der Waals surface area contributed by atoms with E-state index in [1.54, 1.807) is 12.1 Å². The van der Waals surface area contributed by atoms with E-state index in [1.165, 1.54) is 24.3 Å². The number of nitrogens with one attached hydrogen (secondary N) is 1. The fourth-order valence-corrected chi connectivity index (χ4v) is 1.76. The minimum Gasteiger partial charge on any atom is -0.355 e. The Labute approximate surface area is 108 Å². The molecule has 0 heterocycles. The molecule has 2 rings (SSSR count). The number of nitrogens with two attached hydrogens (primary N) is 1. The van der Waals surface area contributed by atoms with Crippen LogP contribution in [0, 0.1) is 11.6 Å². The molecule has 94 valence electrons. The van der Waals surface area contributed by atoms with Crippen molar-refractivity contribution in [3.63, 3.8) is 0 Å². The second kappa shape index (κ2) is 5.33. The molecular formula is C13H11ClF2N2. The predicted octanol–water partition coefficient (Wildman–Crippen LogP) is 3.82. The first-order valence-corrected chi connectivity index (χ1v) is 5.68. The van der Waals surface area contributed by atoms with Crippen molar-refractivity contribution in [2.45, 2.75) is 6.54 Å². The van der Waals surface area contributed by atoms with E-state index in [9.17, 15) is 8.78 Å². The van der Waals surface area contributed by atoms with E-state index in [0.717, 1.165) is 0 Å². The molecule has 0 atom stereocenters. The molecule has 0 aliphatic carbocycles. The molecule has 3 N–H and O–H groups in total. The molecule has 2 nitrogen and oxygen atoms in total. The van der Waals surface area contributed by atoms with E-state index < -0.39 is 5.82 Å². The fraction of sp³-hybridized carbons (Fsp3) is 0.0769. The van der Waals surface area contributed by atoms with Gasteiger partial charge in [0, 0.05) is 17.9 Å². The van der Waals surface area contributed by atoms with Gasteiger partial charge in [0.05, 0.1) is 5.02 Å². The number of benzene rings is 2. The van der Waals surface area contributed by atoms with Crippen LogP contribution in [0.1, 0.15) is 5.56 Å². The van der Waals surface area contributed by atoms with Crippen LogP contribution in [0.25, 0.3) is 0 Å². The summed E-state index contributed by atoms with van der Waals surface area (Å²) in [5.41, 5.74) is 7.45. The molecule has 0 fully saturated rings. The summed E-state index contributed by atoms with van der Waals surface area (Å²) in [6.45, 7) is 0.203. The van der Waals surface area contributed by atoms with Gasteiger partial charge in [0.1, 0.15) is 11.6 Å². The van der Waals surface area contributed by atoms with Gasteiger partial charge in [-0.05, 0) is 42.0 Å². The van der Waals surface area contributed by atoms with Crippen molar-refractivity contribution in [2.75, 3.05) is 5.32 Å². The molecule has 0 saturated heterocycles. The number of rotatable bonds is 3. The summed E-state index contributed by atoms with van der Waals surface area (Å²) >= 11 is 5.68. The Morgan fingerprint density at radius 3 is 2.56 bits per heavy atom. The van der Waals surface area contributed by atoms with Gasteiger partial charge in [0.25, 0.3) is 0 Å². The summed E-state index contributed by atoms with van der Waals surface area (Å²) < 4.78 is 26.0. The van der Waals surface area contributed by atoms with Gasteiger partial charge in [-0.2, -0.15) is 0 Å². The molecule has 0 spiro atoms. The lowest BCUT2D eigenvalue weighted by atomic mass is 10.1. The Kier molecular flexibility index (Phi) is 3.79. The van der Waals surface area contributed by atoms with Gasteiger partial charge in [-0.1, -0.05) is 11.6 Å². The van der Waals surface area contributed by atoms with Crippen LogP contribution in [-0.4, -0.2) is 0 Å². The molecule has 0 aromatic heterocycles. The third-order valence-corrected chi connectivity index (χ3v) is 2.78. The molecule has 0 amide bonds. The molecule has 0 saturated carbocycles. The molecule has 2 aromatic carbocycles. The Morgan fingerprint density at radius 2 is 1.89 bits per heavy atom. The minimum atomic E-state index is -0.486. The van der Waals surface area contributed by atoms with Crippen LogP contribution < -0.4 is 11.1 Å². The van der Waals surface area contributed by atoms with Crippen LogP contribution in [-0.2, 0) is 6.54 Å². The highest BCUT2D eigenvalue weighted by molar-refractivity contribution is 6.31. The first-order valence-electron chi connectivity index (χ1n) is 5.30. The molecule has 0 radical (unpaired) electrons. The summed E-state index contributed by atoms with van der Waals surface area (Å²) in [5, 5.41) is 3.05. The minimum absolute atomic E-state index is 0.0245. The zero-order valence-corrected chi connectivity index (χ0v) is 10.1. The van der Waals surface area contributed by atoms with Gasteiger partial charge in [0.15, 0.2) is 0 Å². The van der Waals surface area contributed by atoms with Crippen molar-refractivity contribution in [1.82, 2.24) is 0 Å². The summed E-state index contributed by atoms with van der Waals surface area (Å²) in [6, 6.07) is 8.52. The molecule has 0 aliphatic rings. The third-order valence-electron chi connectivity index (χ3n) is 2.49. The van der Waals surface area contributed by atoms with Crippen LogP contribution in [0.5, 0.6) is 0 Å². The van der Waals surface area contributed by atoms with Gasteiger partial charge < -0.3 is 11.1 Å².